The highest BCUT2D eigenvalue weighted by Crippen LogP contribution is 2.12. The average molecular weight is 351 g/mol. The standard InChI is InChI=1S/C16H19BrN2O2/c1-18(10-13-5-7-14(17)8-6-13)12-16(20)19(2)11-15-4-3-9-21-15/h3-9H,10-12H2,1-2H3. The van der Waals surface area contributed by atoms with Gasteiger partial charge in [0.25, 0.3) is 0 Å². The predicted octanol–water partition coefficient (Wildman–Crippen LogP) is 3.13. The molecule has 0 N–H and O–H groups in total. The minimum absolute atomic E-state index is 0.0750. The summed E-state index contributed by atoms with van der Waals surface area (Å²) >= 11 is 3.42. The van der Waals surface area contributed by atoms with E-state index in [0.29, 0.717) is 13.1 Å². The van der Waals surface area contributed by atoms with E-state index in [4.69, 9.17) is 4.42 Å². The van der Waals surface area contributed by atoms with E-state index in [-0.39, 0.29) is 5.91 Å². The minimum atomic E-state index is 0.0750. The summed E-state index contributed by atoms with van der Waals surface area (Å²) in [4.78, 5) is 15.8. The second-order valence-electron chi connectivity index (χ2n) is 5.13. The van der Waals surface area contributed by atoms with Gasteiger partial charge in [-0.3, -0.25) is 9.69 Å². The van der Waals surface area contributed by atoms with Gasteiger partial charge >= 0.3 is 0 Å². The summed E-state index contributed by atoms with van der Waals surface area (Å²) < 4.78 is 6.31. The largest absolute Gasteiger partial charge is 0.467 e. The lowest BCUT2D eigenvalue weighted by Gasteiger charge is -2.21. The molecule has 1 heterocycles. The molecule has 2 aromatic rings. The minimum Gasteiger partial charge on any atom is -0.467 e. The van der Waals surface area contributed by atoms with E-state index in [2.05, 4.69) is 28.1 Å². The number of benzene rings is 1. The third-order valence-electron chi connectivity index (χ3n) is 3.17. The van der Waals surface area contributed by atoms with Crippen LogP contribution in [-0.4, -0.2) is 36.3 Å². The Labute approximate surface area is 133 Å². The number of likely N-dealkylation sites (N-methyl/N-ethyl adjacent to an activating group) is 2. The van der Waals surface area contributed by atoms with Crippen molar-refractivity contribution >= 4 is 21.8 Å². The first kappa shape index (κ1) is 15.8. The monoisotopic (exact) mass is 350 g/mol. The van der Waals surface area contributed by atoms with E-state index in [0.717, 1.165) is 16.8 Å². The van der Waals surface area contributed by atoms with Gasteiger partial charge in [0, 0.05) is 18.1 Å². The highest BCUT2D eigenvalue weighted by molar-refractivity contribution is 9.10. The van der Waals surface area contributed by atoms with Crippen LogP contribution < -0.4 is 0 Å². The molecule has 0 fully saturated rings. The SMILES string of the molecule is CN(CC(=O)N(C)Cc1ccco1)Cc1ccc(Br)cc1. The summed E-state index contributed by atoms with van der Waals surface area (Å²) in [6.07, 6.45) is 1.62. The lowest BCUT2D eigenvalue weighted by molar-refractivity contribution is -0.131. The molecule has 0 aliphatic carbocycles. The number of nitrogens with zero attached hydrogens (tertiary/aromatic N) is 2. The van der Waals surface area contributed by atoms with Crippen molar-refractivity contribution in [2.24, 2.45) is 0 Å². The number of hydrogen-bond donors (Lipinski definition) is 0. The molecule has 0 radical (unpaired) electrons. The lowest BCUT2D eigenvalue weighted by atomic mass is 10.2. The van der Waals surface area contributed by atoms with E-state index in [9.17, 15) is 4.79 Å². The fourth-order valence-corrected chi connectivity index (χ4v) is 2.30. The first-order valence-corrected chi connectivity index (χ1v) is 7.53. The van der Waals surface area contributed by atoms with Gasteiger partial charge in [0.05, 0.1) is 19.4 Å². The summed E-state index contributed by atoms with van der Waals surface area (Å²) in [5.74, 6) is 0.868. The maximum absolute atomic E-state index is 12.2. The molecule has 0 aliphatic rings. The van der Waals surface area contributed by atoms with Crippen molar-refractivity contribution in [1.29, 1.82) is 0 Å². The summed E-state index contributed by atoms with van der Waals surface area (Å²) in [6.45, 7) is 1.62. The number of carbonyl (C=O) groups is 1. The molecule has 0 aliphatic heterocycles. The van der Waals surface area contributed by atoms with Crippen molar-refractivity contribution in [3.63, 3.8) is 0 Å². The average Bonchev–Trinajstić information content (AvgIpc) is 2.94. The van der Waals surface area contributed by atoms with Crippen molar-refractivity contribution in [3.8, 4) is 0 Å². The van der Waals surface area contributed by atoms with Crippen LogP contribution >= 0.6 is 15.9 Å². The lowest BCUT2D eigenvalue weighted by Crippen LogP contribution is -2.35. The molecule has 112 valence electrons. The summed E-state index contributed by atoms with van der Waals surface area (Å²) in [5.41, 5.74) is 1.18. The van der Waals surface area contributed by atoms with Gasteiger partial charge in [0.1, 0.15) is 5.76 Å². The zero-order valence-corrected chi connectivity index (χ0v) is 13.8. The molecule has 2 rings (SSSR count). The zero-order chi connectivity index (χ0) is 15.2. The van der Waals surface area contributed by atoms with Gasteiger partial charge in [-0.1, -0.05) is 28.1 Å². The van der Waals surface area contributed by atoms with Gasteiger partial charge in [-0.25, -0.2) is 0 Å². The van der Waals surface area contributed by atoms with Crippen LogP contribution in [0.3, 0.4) is 0 Å². The third-order valence-corrected chi connectivity index (χ3v) is 3.70. The number of furan rings is 1. The maximum Gasteiger partial charge on any atom is 0.236 e. The van der Waals surface area contributed by atoms with Crippen LogP contribution in [0.1, 0.15) is 11.3 Å². The van der Waals surface area contributed by atoms with Gasteiger partial charge in [0.15, 0.2) is 0 Å². The van der Waals surface area contributed by atoms with Crippen molar-refractivity contribution < 1.29 is 9.21 Å². The molecular weight excluding hydrogens is 332 g/mol. The number of halogens is 1. The van der Waals surface area contributed by atoms with E-state index < -0.39 is 0 Å². The molecule has 1 aromatic carbocycles. The molecule has 4 nitrogen and oxygen atoms in total. The van der Waals surface area contributed by atoms with Gasteiger partial charge in [-0.2, -0.15) is 0 Å². The number of amides is 1. The second-order valence-corrected chi connectivity index (χ2v) is 6.04. The van der Waals surface area contributed by atoms with Crippen LogP contribution in [0.4, 0.5) is 0 Å². The molecule has 1 aromatic heterocycles. The number of hydrogen-bond acceptors (Lipinski definition) is 3. The molecule has 0 spiro atoms. The molecule has 1 amide bonds. The van der Waals surface area contributed by atoms with Crippen LogP contribution in [0.25, 0.3) is 0 Å². The van der Waals surface area contributed by atoms with Gasteiger partial charge in [0.2, 0.25) is 5.91 Å². The first-order valence-electron chi connectivity index (χ1n) is 6.74. The van der Waals surface area contributed by atoms with Gasteiger partial charge in [-0.05, 0) is 36.9 Å². The third kappa shape index (κ3) is 5.02. The van der Waals surface area contributed by atoms with E-state index in [1.807, 2.05) is 36.2 Å². The van der Waals surface area contributed by atoms with E-state index >= 15 is 0 Å². The molecule has 0 saturated carbocycles. The van der Waals surface area contributed by atoms with Crippen LogP contribution in [0, 0.1) is 0 Å². The van der Waals surface area contributed by atoms with E-state index in [1.165, 1.54) is 5.56 Å². The predicted molar refractivity (Wildman–Crippen MR) is 85.7 cm³/mol. The fraction of sp³-hybridized carbons (Fsp3) is 0.312. The van der Waals surface area contributed by atoms with Crippen molar-refractivity contribution in [3.05, 3.63) is 58.5 Å². The number of rotatable bonds is 6. The van der Waals surface area contributed by atoms with Crippen LogP contribution in [0.2, 0.25) is 0 Å². The second kappa shape index (κ2) is 7.43. The Kier molecular flexibility index (Phi) is 5.59. The van der Waals surface area contributed by atoms with Gasteiger partial charge in [-0.15, -0.1) is 0 Å². The summed E-state index contributed by atoms with van der Waals surface area (Å²) in [5, 5.41) is 0. The van der Waals surface area contributed by atoms with Crippen molar-refractivity contribution in [1.82, 2.24) is 9.80 Å². The molecule has 5 heteroatoms. The highest BCUT2D eigenvalue weighted by Gasteiger charge is 2.13. The van der Waals surface area contributed by atoms with E-state index in [1.54, 1.807) is 18.2 Å². The fourth-order valence-electron chi connectivity index (χ4n) is 2.03. The summed E-state index contributed by atoms with van der Waals surface area (Å²) in [7, 11) is 3.74. The zero-order valence-electron chi connectivity index (χ0n) is 12.3. The Balaban J connectivity index is 1.82. The van der Waals surface area contributed by atoms with Gasteiger partial charge < -0.3 is 9.32 Å². The Morgan fingerprint density at radius 1 is 1.14 bits per heavy atom. The molecule has 0 bridgehead atoms. The molecular formula is C16H19BrN2O2. The Bertz CT molecular complexity index is 566. The summed E-state index contributed by atoms with van der Waals surface area (Å²) in [6, 6.07) is 11.8. The Hall–Kier alpha value is -1.59. The smallest absolute Gasteiger partial charge is 0.236 e. The first-order chi connectivity index (χ1) is 10.0. The molecule has 21 heavy (non-hydrogen) atoms. The quantitative estimate of drug-likeness (QED) is 0.802. The van der Waals surface area contributed by atoms with Crippen molar-refractivity contribution in [2.75, 3.05) is 20.6 Å². The van der Waals surface area contributed by atoms with Crippen LogP contribution in [-0.2, 0) is 17.9 Å². The van der Waals surface area contributed by atoms with Crippen LogP contribution in [0.15, 0.2) is 51.6 Å². The normalized spacial score (nSPS) is 10.9. The molecule has 0 atom stereocenters. The van der Waals surface area contributed by atoms with Crippen molar-refractivity contribution in [2.45, 2.75) is 13.1 Å². The number of carbonyl (C=O) groups excluding carboxylic acids is 1. The Morgan fingerprint density at radius 3 is 2.48 bits per heavy atom. The molecule has 0 saturated heterocycles. The van der Waals surface area contributed by atoms with Crippen LogP contribution in [0.5, 0.6) is 0 Å². The molecule has 0 unspecified atom stereocenters. The maximum atomic E-state index is 12.2. The highest BCUT2D eigenvalue weighted by atomic mass is 79.9. The Morgan fingerprint density at radius 2 is 1.86 bits per heavy atom. The topological polar surface area (TPSA) is 36.7 Å².